The largest absolute Gasteiger partial charge is 0.339 e. The van der Waals surface area contributed by atoms with Gasteiger partial charge in [0.1, 0.15) is 0 Å². The molecule has 3 aromatic rings. The van der Waals surface area contributed by atoms with Crippen LogP contribution in [0.4, 0.5) is 11.4 Å². The van der Waals surface area contributed by atoms with Crippen LogP contribution in [0.15, 0.2) is 57.9 Å². The van der Waals surface area contributed by atoms with Crippen LogP contribution < -0.4 is 10.0 Å². The predicted octanol–water partition coefficient (Wildman–Crippen LogP) is 3.30. The van der Waals surface area contributed by atoms with Crippen LogP contribution in [0.1, 0.15) is 43.0 Å². The number of hydrogen-bond donors (Lipinski definition) is 2. The van der Waals surface area contributed by atoms with Gasteiger partial charge in [0.2, 0.25) is 11.8 Å². The van der Waals surface area contributed by atoms with Crippen molar-refractivity contribution in [1.29, 1.82) is 0 Å². The van der Waals surface area contributed by atoms with Gasteiger partial charge in [-0.3, -0.25) is 9.52 Å². The Morgan fingerprint density at radius 1 is 1.14 bits per heavy atom. The average molecular weight is 412 g/mol. The lowest BCUT2D eigenvalue weighted by Crippen LogP contribution is -2.14. The van der Waals surface area contributed by atoms with E-state index >= 15 is 0 Å². The lowest BCUT2D eigenvalue weighted by Gasteiger charge is -2.12. The zero-order valence-corrected chi connectivity index (χ0v) is 16.6. The van der Waals surface area contributed by atoms with Crippen LogP contribution in [0.3, 0.4) is 0 Å². The molecule has 1 saturated carbocycles. The molecule has 2 N–H and O–H groups in total. The van der Waals surface area contributed by atoms with Crippen LogP contribution in [0, 0.1) is 0 Å². The van der Waals surface area contributed by atoms with E-state index < -0.39 is 10.0 Å². The van der Waals surface area contributed by atoms with E-state index in [4.69, 9.17) is 4.52 Å². The molecule has 4 rings (SSSR count). The SMILES string of the molecule is CC(=O)Nc1ccc(S(=O)(=O)Nc2ccccc2Cc2nc(C3CC3)no2)cc1. The Labute approximate surface area is 168 Å². The number of nitrogens with one attached hydrogen (secondary N) is 2. The third-order valence-corrected chi connectivity index (χ3v) is 5.90. The third kappa shape index (κ3) is 4.62. The molecule has 0 saturated heterocycles. The molecule has 9 heteroatoms. The van der Waals surface area contributed by atoms with Crippen LogP contribution in [0.5, 0.6) is 0 Å². The lowest BCUT2D eigenvalue weighted by atomic mass is 10.1. The van der Waals surface area contributed by atoms with Gasteiger partial charge in [-0.2, -0.15) is 4.98 Å². The molecule has 1 aliphatic carbocycles. The van der Waals surface area contributed by atoms with Crippen molar-refractivity contribution in [1.82, 2.24) is 10.1 Å². The van der Waals surface area contributed by atoms with Crippen LogP contribution >= 0.6 is 0 Å². The maximum Gasteiger partial charge on any atom is 0.261 e. The van der Waals surface area contributed by atoms with E-state index in [-0.39, 0.29) is 10.8 Å². The van der Waals surface area contributed by atoms with Crippen molar-refractivity contribution >= 4 is 27.3 Å². The molecule has 0 atom stereocenters. The highest BCUT2D eigenvalue weighted by molar-refractivity contribution is 7.92. The number of sulfonamides is 1. The van der Waals surface area contributed by atoms with Crippen LogP contribution in [-0.4, -0.2) is 24.5 Å². The number of aromatic nitrogens is 2. The molecular weight excluding hydrogens is 392 g/mol. The van der Waals surface area contributed by atoms with Crippen molar-refractivity contribution in [3.8, 4) is 0 Å². The summed E-state index contributed by atoms with van der Waals surface area (Å²) in [5.74, 6) is 1.34. The molecule has 1 aliphatic rings. The smallest absolute Gasteiger partial charge is 0.261 e. The van der Waals surface area contributed by atoms with Gasteiger partial charge in [-0.05, 0) is 48.7 Å². The van der Waals surface area contributed by atoms with Gasteiger partial charge < -0.3 is 9.84 Å². The minimum atomic E-state index is -3.80. The van der Waals surface area contributed by atoms with Crippen molar-refractivity contribution in [2.45, 2.75) is 37.0 Å². The number of amides is 1. The molecule has 8 nitrogen and oxygen atoms in total. The quantitative estimate of drug-likeness (QED) is 0.615. The summed E-state index contributed by atoms with van der Waals surface area (Å²) < 4.78 is 33.5. The first kappa shape index (κ1) is 19.1. The Hall–Kier alpha value is -3.20. The van der Waals surface area contributed by atoms with Crippen molar-refractivity contribution < 1.29 is 17.7 Å². The summed E-state index contributed by atoms with van der Waals surface area (Å²) in [5, 5.41) is 6.61. The summed E-state index contributed by atoms with van der Waals surface area (Å²) in [6.07, 6.45) is 2.49. The number of carbonyl (C=O) groups is 1. The Kier molecular flexibility index (Phi) is 5.06. The van der Waals surface area contributed by atoms with E-state index in [1.807, 2.05) is 12.1 Å². The number of rotatable bonds is 7. The van der Waals surface area contributed by atoms with E-state index in [9.17, 15) is 13.2 Å². The highest BCUT2D eigenvalue weighted by Crippen LogP contribution is 2.38. The summed E-state index contributed by atoms with van der Waals surface area (Å²) in [7, 11) is -3.80. The number of carbonyl (C=O) groups excluding carboxylic acids is 1. The maximum atomic E-state index is 12.8. The second-order valence-corrected chi connectivity index (χ2v) is 8.65. The summed E-state index contributed by atoms with van der Waals surface area (Å²) >= 11 is 0. The zero-order chi connectivity index (χ0) is 20.4. The summed E-state index contributed by atoms with van der Waals surface area (Å²) in [4.78, 5) is 15.6. The van der Waals surface area contributed by atoms with E-state index in [2.05, 4.69) is 20.2 Å². The van der Waals surface area contributed by atoms with Gasteiger partial charge in [0, 0.05) is 18.5 Å². The Balaban J connectivity index is 1.52. The molecule has 0 radical (unpaired) electrons. The van der Waals surface area contributed by atoms with Crippen molar-refractivity contribution in [3.63, 3.8) is 0 Å². The first-order valence-electron chi connectivity index (χ1n) is 9.21. The standard InChI is InChI=1S/C20H20N4O4S/c1-13(25)21-16-8-10-17(11-9-16)29(26,27)24-18-5-3-2-4-15(18)12-19-22-20(23-28-19)14-6-7-14/h2-5,8-11,14,24H,6-7,12H2,1H3,(H,21,25). The normalized spacial score (nSPS) is 13.8. The summed E-state index contributed by atoms with van der Waals surface area (Å²) in [6.45, 7) is 1.39. The van der Waals surface area contributed by atoms with E-state index in [0.717, 1.165) is 24.2 Å². The van der Waals surface area contributed by atoms with Crippen LogP contribution in [0.25, 0.3) is 0 Å². The Morgan fingerprint density at radius 2 is 1.86 bits per heavy atom. The molecule has 150 valence electrons. The van der Waals surface area contributed by atoms with E-state index in [1.165, 1.54) is 19.1 Å². The fraction of sp³-hybridized carbons (Fsp3) is 0.250. The Bertz CT molecular complexity index is 1140. The van der Waals surface area contributed by atoms with Crippen molar-refractivity contribution in [2.24, 2.45) is 0 Å². The average Bonchev–Trinajstić information content (AvgIpc) is 3.42. The number of anilines is 2. The molecule has 1 amide bonds. The molecule has 29 heavy (non-hydrogen) atoms. The van der Waals surface area contributed by atoms with Gasteiger partial charge in [-0.15, -0.1) is 0 Å². The maximum absolute atomic E-state index is 12.8. The fourth-order valence-electron chi connectivity index (χ4n) is 2.91. The monoisotopic (exact) mass is 412 g/mol. The summed E-state index contributed by atoms with van der Waals surface area (Å²) in [5.41, 5.74) is 1.71. The van der Waals surface area contributed by atoms with Gasteiger partial charge in [-0.25, -0.2) is 8.42 Å². The van der Waals surface area contributed by atoms with Gasteiger partial charge in [-0.1, -0.05) is 23.4 Å². The highest BCUT2D eigenvalue weighted by atomic mass is 32.2. The fourth-order valence-corrected chi connectivity index (χ4v) is 4.01. The Morgan fingerprint density at radius 3 is 2.55 bits per heavy atom. The van der Waals surface area contributed by atoms with E-state index in [0.29, 0.717) is 29.6 Å². The van der Waals surface area contributed by atoms with E-state index in [1.54, 1.807) is 24.3 Å². The molecule has 0 spiro atoms. The number of nitrogens with zero attached hydrogens (tertiary/aromatic N) is 2. The van der Waals surface area contributed by atoms with Gasteiger partial charge >= 0.3 is 0 Å². The van der Waals surface area contributed by atoms with Crippen LogP contribution in [-0.2, 0) is 21.2 Å². The number of benzene rings is 2. The van der Waals surface area contributed by atoms with Crippen LogP contribution in [0.2, 0.25) is 0 Å². The zero-order valence-electron chi connectivity index (χ0n) is 15.8. The molecule has 1 aromatic heterocycles. The molecule has 0 unspecified atom stereocenters. The van der Waals surface area contributed by atoms with Gasteiger partial charge in [0.05, 0.1) is 17.0 Å². The molecule has 1 heterocycles. The molecule has 1 fully saturated rings. The third-order valence-electron chi connectivity index (χ3n) is 4.51. The van der Waals surface area contributed by atoms with Gasteiger partial charge in [0.15, 0.2) is 5.82 Å². The van der Waals surface area contributed by atoms with Crippen molar-refractivity contribution in [2.75, 3.05) is 10.0 Å². The first-order valence-corrected chi connectivity index (χ1v) is 10.7. The second-order valence-electron chi connectivity index (χ2n) is 6.97. The number of para-hydroxylation sites is 1. The summed E-state index contributed by atoms with van der Waals surface area (Å²) in [6, 6.07) is 13.1. The van der Waals surface area contributed by atoms with Gasteiger partial charge in [0.25, 0.3) is 10.0 Å². The topological polar surface area (TPSA) is 114 Å². The lowest BCUT2D eigenvalue weighted by molar-refractivity contribution is -0.114. The minimum Gasteiger partial charge on any atom is -0.339 e. The van der Waals surface area contributed by atoms with Crippen molar-refractivity contribution in [3.05, 3.63) is 65.8 Å². The number of hydrogen-bond acceptors (Lipinski definition) is 6. The predicted molar refractivity (Wildman–Crippen MR) is 107 cm³/mol. The molecular formula is C20H20N4O4S. The molecule has 0 aliphatic heterocycles. The molecule has 0 bridgehead atoms. The second kappa shape index (κ2) is 7.67. The molecule has 2 aromatic carbocycles. The first-order chi connectivity index (χ1) is 13.9. The highest BCUT2D eigenvalue weighted by Gasteiger charge is 2.29. The minimum absolute atomic E-state index is 0.0928.